The molecule has 1 N–H and O–H groups in total. The van der Waals surface area contributed by atoms with E-state index in [1.165, 1.54) is 11.8 Å². The van der Waals surface area contributed by atoms with Gasteiger partial charge in [0.1, 0.15) is 28.7 Å². The molecule has 1 aliphatic heterocycles. The molecule has 3 aromatic rings. The van der Waals surface area contributed by atoms with Crippen LogP contribution in [0, 0.1) is 0 Å². The van der Waals surface area contributed by atoms with Gasteiger partial charge in [-0.25, -0.2) is 9.79 Å². The minimum absolute atomic E-state index is 0.0326. The quantitative estimate of drug-likeness (QED) is 0.274. The van der Waals surface area contributed by atoms with Crippen molar-refractivity contribution in [2.24, 2.45) is 4.99 Å². The molecule has 36 heavy (non-hydrogen) atoms. The largest absolute Gasteiger partial charge is 0.506 e. The second-order valence-corrected chi connectivity index (χ2v) is 10.3. The molecule has 0 amide bonds. The zero-order valence-corrected chi connectivity index (χ0v) is 22.9. The van der Waals surface area contributed by atoms with Gasteiger partial charge < -0.3 is 14.6 Å². The topological polar surface area (TPSA) is 68.1 Å². The number of thioether (sulfide) groups is 1. The minimum Gasteiger partial charge on any atom is -0.506 e. The van der Waals surface area contributed by atoms with Crippen molar-refractivity contribution in [3.8, 4) is 5.75 Å². The van der Waals surface area contributed by atoms with Crippen molar-refractivity contribution in [3.05, 3.63) is 109 Å². The first kappa shape index (κ1) is 26.4. The third kappa shape index (κ3) is 6.34. The number of para-hydroxylation sites is 1. The van der Waals surface area contributed by atoms with E-state index in [2.05, 4.69) is 20.9 Å². The molecule has 9 heteroatoms. The van der Waals surface area contributed by atoms with Crippen LogP contribution in [0.2, 0.25) is 10.0 Å². The lowest BCUT2D eigenvalue weighted by atomic mass is 10.1. The van der Waals surface area contributed by atoms with Crippen molar-refractivity contribution in [3.63, 3.8) is 0 Å². The highest BCUT2D eigenvalue weighted by Gasteiger charge is 2.33. The molecule has 0 spiro atoms. The Morgan fingerprint density at radius 1 is 1.08 bits per heavy atom. The number of carbonyl (C=O) groups is 1. The third-order valence-electron chi connectivity index (χ3n) is 4.99. The summed E-state index contributed by atoms with van der Waals surface area (Å²) in [5.74, 6) is -0.245. The highest BCUT2D eigenvalue weighted by atomic mass is 79.9. The molecular formula is C27H20BrCl2NO4S. The van der Waals surface area contributed by atoms with Gasteiger partial charge in [0, 0.05) is 10.0 Å². The Morgan fingerprint density at radius 3 is 2.58 bits per heavy atom. The summed E-state index contributed by atoms with van der Waals surface area (Å²) in [5, 5.41) is 12.3. The zero-order valence-electron chi connectivity index (χ0n) is 19.0. The average Bonchev–Trinajstić information content (AvgIpc) is 3.15. The van der Waals surface area contributed by atoms with E-state index in [0.29, 0.717) is 37.0 Å². The number of hydrogen-bond acceptors (Lipinski definition) is 6. The van der Waals surface area contributed by atoms with Gasteiger partial charge in [-0.05, 0) is 61.0 Å². The molecule has 1 heterocycles. The highest BCUT2D eigenvalue weighted by molar-refractivity contribution is 9.10. The highest BCUT2D eigenvalue weighted by Crippen LogP contribution is 2.41. The average molecular weight is 605 g/mol. The lowest BCUT2D eigenvalue weighted by Gasteiger charge is -2.11. The predicted molar refractivity (Wildman–Crippen MR) is 150 cm³/mol. The Morgan fingerprint density at radius 2 is 1.86 bits per heavy atom. The number of halogens is 3. The van der Waals surface area contributed by atoms with E-state index in [1.807, 2.05) is 54.6 Å². The van der Waals surface area contributed by atoms with Crippen molar-refractivity contribution >= 4 is 73.7 Å². The van der Waals surface area contributed by atoms with Crippen molar-refractivity contribution in [2.75, 3.05) is 6.61 Å². The first-order valence-corrected chi connectivity index (χ1v) is 13.2. The van der Waals surface area contributed by atoms with Crippen LogP contribution in [-0.4, -0.2) is 22.7 Å². The molecule has 0 aliphatic carbocycles. The molecule has 5 nitrogen and oxygen atoms in total. The maximum Gasteiger partial charge on any atom is 0.344 e. The van der Waals surface area contributed by atoms with Crippen LogP contribution in [0.3, 0.4) is 0 Å². The molecule has 0 bridgehead atoms. The van der Waals surface area contributed by atoms with Crippen molar-refractivity contribution in [1.82, 2.24) is 0 Å². The smallest absolute Gasteiger partial charge is 0.344 e. The van der Waals surface area contributed by atoms with Crippen LogP contribution in [0.1, 0.15) is 18.1 Å². The normalized spacial score (nSPS) is 15.6. The van der Waals surface area contributed by atoms with E-state index in [1.54, 1.807) is 25.1 Å². The first-order valence-electron chi connectivity index (χ1n) is 10.9. The molecule has 0 radical (unpaired) electrons. The number of aliphatic hydroxyl groups excluding tert-OH is 1. The van der Waals surface area contributed by atoms with Crippen LogP contribution >= 0.6 is 50.9 Å². The van der Waals surface area contributed by atoms with Gasteiger partial charge in [-0.15, -0.1) is 0 Å². The van der Waals surface area contributed by atoms with Gasteiger partial charge in [0.2, 0.25) is 0 Å². The van der Waals surface area contributed by atoms with Gasteiger partial charge in [0.15, 0.2) is 0 Å². The molecular weight excluding hydrogens is 585 g/mol. The van der Waals surface area contributed by atoms with Gasteiger partial charge in [0.25, 0.3) is 0 Å². The second kappa shape index (κ2) is 12.0. The Balaban J connectivity index is 1.68. The molecule has 0 fully saturated rings. The van der Waals surface area contributed by atoms with Gasteiger partial charge >= 0.3 is 5.97 Å². The van der Waals surface area contributed by atoms with Gasteiger partial charge in [-0.1, -0.05) is 75.2 Å². The van der Waals surface area contributed by atoms with E-state index < -0.39 is 5.97 Å². The number of ether oxygens (including phenoxy) is 2. The standard InChI is InChI=1S/C27H20BrCl2NO4S/c1-2-34-27(33)24-25(32)23(36-26(24)31-19-6-4-3-5-7-19)14-17-13-18(28)9-11-22(17)35-15-16-8-10-20(29)21(30)12-16/h3-14,32H,2,15H2,1H3/b23-14-,31-26?. The summed E-state index contributed by atoms with van der Waals surface area (Å²) < 4.78 is 12.1. The Labute approximate surface area is 231 Å². The number of benzene rings is 3. The van der Waals surface area contributed by atoms with Gasteiger partial charge in [-0.2, -0.15) is 0 Å². The summed E-state index contributed by atoms with van der Waals surface area (Å²) in [6.45, 7) is 2.15. The monoisotopic (exact) mass is 603 g/mol. The first-order chi connectivity index (χ1) is 17.4. The maximum atomic E-state index is 12.7. The molecule has 0 unspecified atom stereocenters. The van der Waals surface area contributed by atoms with E-state index >= 15 is 0 Å². The summed E-state index contributed by atoms with van der Waals surface area (Å²) >= 11 is 16.8. The van der Waals surface area contributed by atoms with Crippen LogP contribution in [0.5, 0.6) is 5.75 Å². The van der Waals surface area contributed by atoms with Crippen LogP contribution in [0.4, 0.5) is 5.69 Å². The third-order valence-corrected chi connectivity index (χ3v) is 7.25. The summed E-state index contributed by atoms with van der Waals surface area (Å²) in [6, 6.07) is 20.1. The number of carbonyl (C=O) groups excluding carboxylic acids is 1. The fourth-order valence-corrected chi connectivity index (χ4v) is 5.03. The van der Waals surface area contributed by atoms with E-state index in [4.69, 9.17) is 32.7 Å². The summed E-state index contributed by atoms with van der Waals surface area (Å²) in [5.41, 5.74) is 2.24. The number of nitrogens with zero attached hydrogens (tertiary/aromatic N) is 1. The van der Waals surface area contributed by atoms with Crippen molar-refractivity contribution in [2.45, 2.75) is 13.5 Å². The fraction of sp³-hybridized carbons (Fsp3) is 0.111. The number of esters is 1. The molecule has 184 valence electrons. The maximum absolute atomic E-state index is 12.7. The molecule has 0 atom stereocenters. The SMILES string of the molecule is CCOC(=O)C1=C(O)/C(=C/c2cc(Br)ccc2OCc2ccc(Cl)c(Cl)c2)SC1=Nc1ccccc1. The van der Waals surface area contributed by atoms with Gasteiger partial charge in [0.05, 0.1) is 27.2 Å². The number of aliphatic hydroxyl groups is 1. The number of hydrogen-bond donors (Lipinski definition) is 1. The molecule has 0 aromatic heterocycles. The Hall–Kier alpha value is -2.71. The zero-order chi connectivity index (χ0) is 25.7. The van der Waals surface area contributed by atoms with Crippen molar-refractivity contribution in [1.29, 1.82) is 0 Å². The van der Waals surface area contributed by atoms with E-state index in [0.717, 1.165) is 10.0 Å². The lowest BCUT2D eigenvalue weighted by Crippen LogP contribution is -2.12. The fourth-order valence-electron chi connectivity index (χ4n) is 3.31. The van der Waals surface area contributed by atoms with E-state index in [9.17, 15) is 9.90 Å². The van der Waals surface area contributed by atoms with Crippen molar-refractivity contribution < 1.29 is 19.4 Å². The molecule has 3 aromatic carbocycles. The van der Waals surface area contributed by atoms with Gasteiger partial charge in [-0.3, -0.25) is 0 Å². The molecule has 4 rings (SSSR count). The van der Waals surface area contributed by atoms with Crippen LogP contribution < -0.4 is 4.74 Å². The number of aliphatic imine (C=N–C) groups is 1. The summed E-state index contributed by atoms with van der Waals surface area (Å²) in [6.07, 6.45) is 1.75. The minimum atomic E-state index is -0.633. The van der Waals surface area contributed by atoms with Crippen LogP contribution in [0.25, 0.3) is 6.08 Å². The Bertz CT molecular complexity index is 1390. The summed E-state index contributed by atoms with van der Waals surface area (Å²) in [7, 11) is 0. The second-order valence-electron chi connectivity index (χ2n) is 7.53. The lowest BCUT2D eigenvalue weighted by molar-refractivity contribution is -0.138. The number of rotatable bonds is 7. The van der Waals surface area contributed by atoms with Crippen LogP contribution in [0.15, 0.2) is 92.4 Å². The van der Waals surface area contributed by atoms with E-state index in [-0.39, 0.29) is 24.5 Å². The predicted octanol–water partition coefficient (Wildman–Crippen LogP) is 8.53. The Kier molecular flexibility index (Phi) is 8.80. The van der Waals surface area contributed by atoms with Crippen LogP contribution in [-0.2, 0) is 16.1 Å². The molecule has 0 saturated heterocycles. The molecule has 1 aliphatic rings. The molecule has 0 saturated carbocycles. The summed E-state index contributed by atoms with van der Waals surface area (Å²) in [4.78, 5) is 17.7.